The molecule has 1 fully saturated rings. The summed E-state index contributed by atoms with van der Waals surface area (Å²) in [6.07, 6.45) is 8.63. The number of carbonyl (C=O) groups is 1. The van der Waals surface area contributed by atoms with Crippen LogP contribution < -0.4 is 5.73 Å². The van der Waals surface area contributed by atoms with Gasteiger partial charge in [-0.3, -0.25) is 4.79 Å². The van der Waals surface area contributed by atoms with Crippen LogP contribution in [0.1, 0.15) is 23.1 Å². The van der Waals surface area contributed by atoms with Gasteiger partial charge < -0.3 is 10.6 Å². The minimum Gasteiger partial charge on any atom is -0.384 e. The third-order valence-electron chi connectivity index (χ3n) is 5.42. The van der Waals surface area contributed by atoms with E-state index in [1.54, 1.807) is 12.3 Å². The Balaban J connectivity index is 1.41. The number of pyridine rings is 1. The number of aryl methyl sites for hydroxylation is 1. The third-order valence-corrected chi connectivity index (χ3v) is 5.42. The first-order valence-corrected chi connectivity index (χ1v) is 9.05. The molecule has 2 aromatic rings. The van der Waals surface area contributed by atoms with Gasteiger partial charge in [0.05, 0.1) is 0 Å². The predicted molar refractivity (Wildman–Crippen MR) is 105 cm³/mol. The molecular weight excluding hydrogens is 322 g/mol. The molecule has 1 aliphatic carbocycles. The SMILES string of the molecule is Cc1cc(N)ncc1C=CC(=O)N1CC2C=C(c3ccccc3)CC2C1. The lowest BCUT2D eigenvalue weighted by Crippen LogP contribution is -2.27. The molecule has 1 aliphatic heterocycles. The number of hydrogen-bond donors (Lipinski definition) is 1. The Kier molecular flexibility index (Phi) is 4.33. The number of carbonyl (C=O) groups excluding carboxylic acids is 1. The van der Waals surface area contributed by atoms with Crippen LogP contribution in [0.4, 0.5) is 5.82 Å². The molecule has 0 saturated carbocycles. The van der Waals surface area contributed by atoms with Crippen LogP contribution in [0, 0.1) is 18.8 Å². The minimum atomic E-state index is 0.0743. The molecule has 2 atom stereocenters. The minimum absolute atomic E-state index is 0.0743. The van der Waals surface area contributed by atoms with Crippen LogP contribution in [0.5, 0.6) is 0 Å². The highest BCUT2D eigenvalue weighted by Gasteiger charge is 2.37. The molecule has 4 nitrogen and oxygen atoms in total. The van der Waals surface area contributed by atoms with Crippen LogP contribution in [-0.4, -0.2) is 28.9 Å². The smallest absolute Gasteiger partial charge is 0.246 e. The highest BCUT2D eigenvalue weighted by Crippen LogP contribution is 2.40. The first kappa shape index (κ1) is 16.6. The summed E-state index contributed by atoms with van der Waals surface area (Å²) in [5.41, 5.74) is 10.4. The number of benzene rings is 1. The average molecular weight is 345 g/mol. The van der Waals surface area contributed by atoms with E-state index >= 15 is 0 Å². The highest BCUT2D eigenvalue weighted by atomic mass is 16.2. The number of amides is 1. The molecule has 2 N–H and O–H groups in total. The molecule has 4 rings (SSSR count). The van der Waals surface area contributed by atoms with Crippen molar-refractivity contribution in [1.29, 1.82) is 0 Å². The van der Waals surface area contributed by atoms with Gasteiger partial charge in [-0.15, -0.1) is 0 Å². The lowest BCUT2D eigenvalue weighted by atomic mass is 9.98. The van der Waals surface area contributed by atoms with Crippen LogP contribution in [-0.2, 0) is 4.79 Å². The van der Waals surface area contributed by atoms with Crippen molar-refractivity contribution in [3.05, 3.63) is 71.4 Å². The number of nitrogens with two attached hydrogens (primary N) is 1. The zero-order chi connectivity index (χ0) is 18.1. The highest BCUT2D eigenvalue weighted by molar-refractivity contribution is 5.92. The zero-order valence-corrected chi connectivity index (χ0v) is 14.9. The van der Waals surface area contributed by atoms with Gasteiger partial charge in [0.25, 0.3) is 0 Å². The van der Waals surface area contributed by atoms with Gasteiger partial charge in [0.2, 0.25) is 5.91 Å². The number of hydrogen-bond acceptors (Lipinski definition) is 3. The molecule has 0 bridgehead atoms. The first-order valence-electron chi connectivity index (χ1n) is 9.05. The van der Waals surface area contributed by atoms with Gasteiger partial charge in [0.15, 0.2) is 0 Å². The monoisotopic (exact) mass is 345 g/mol. The molecule has 0 radical (unpaired) electrons. The van der Waals surface area contributed by atoms with Gasteiger partial charge in [-0.25, -0.2) is 4.98 Å². The van der Waals surface area contributed by atoms with Gasteiger partial charge in [-0.1, -0.05) is 36.4 Å². The van der Waals surface area contributed by atoms with Gasteiger partial charge in [0.1, 0.15) is 5.82 Å². The Hall–Kier alpha value is -2.88. The van der Waals surface area contributed by atoms with Crippen molar-refractivity contribution < 1.29 is 4.79 Å². The van der Waals surface area contributed by atoms with Gasteiger partial charge in [0, 0.05) is 25.4 Å². The second-order valence-electron chi connectivity index (χ2n) is 7.23. The van der Waals surface area contributed by atoms with Gasteiger partial charge in [-0.2, -0.15) is 0 Å². The van der Waals surface area contributed by atoms with E-state index in [0.717, 1.165) is 30.6 Å². The Labute approximate surface area is 154 Å². The predicted octanol–water partition coefficient (Wildman–Crippen LogP) is 3.55. The van der Waals surface area contributed by atoms with E-state index in [1.807, 2.05) is 30.0 Å². The van der Waals surface area contributed by atoms with E-state index in [2.05, 4.69) is 35.3 Å². The maximum absolute atomic E-state index is 12.6. The summed E-state index contributed by atoms with van der Waals surface area (Å²) in [6, 6.07) is 12.4. The topological polar surface area (TPSA) is 59.2 Å². The van der Waals surface area contributed by atoms with Crippen molar-refractivity contribution in [2.75, 3.05) is 18.8 Å². The maximum atomic E-state index is 12.6. The van der Waals surface area contributed by atoms with Crippen molar-refractivity contribution in [2.45, 2.75) is 13.3 Å². The van der Waals surface area contributed by atoms with Crippen LogP contribution in [0.15, 0.2) is 54.7 Å². The van der Waals surface area contributed by atoms with Crippen molar-refractivity contribution in [3.63, 3.8) is 0 Å². The number of anilines is 1. The Bertz CT molecular complexity index is 886. The van der Waals surface area contributed by atoms with Crippen LogP contribution in [0.3, 0.4) is 0 Å². The summed E-state index contributed by atoms with van der Waals surface area (Å²) in [4.78, 5) is 18.6. The normalized spacial score (nSPS) is 21.9. The molecular formula is C22H23N3O. The summed E-state index contributed by atoms with van der Waals surface area (Å²) in [5.74, 6) is 1.59. The van der Waals surface area contributed by atoms with Crippen LogP contribution in [0.2, 0.25) is 0 Å². The first-order chi connectivity index (χ1) is 12.6. The maximum Gasteiger partial charge on any atom is 0.246 e. The lowest BCUT2D eigenvalue weighted by molar-refractivity contribution is -0.125. The number of nitrogens with zero attached hydrogens (tertiary/aromatic N) is 2. The number of nitrogen functional groups attached to an aromatic ring is 1. The molecule has 26 heavy (non-hydrogen) atoms. The summed E-state index contributed by atoms with van der Waals surface area (Å²) >= 11 is 0. The Morgan fingerprint density at radius 2 is 2.08 bits per heavy atom. The fraction of sp³-hybridized carbons (Fsp3) is 0.273. The quantitative estimate of drug-likeness (QED) is 0.866. The summed E-state index contributed by atoms with van der Waals surface area (Å²) < 4.78 is 0. The van der Waals surface area contributed by atoms with E-state index in [4.69, 9.17) is 5.73 Å². The molecule has 4 heteroatoms. The molecule has 1 saturated heterocycles. The van der Waals surface area contributed by atoms with E-state index in [-0.39, 0.29) is 5.91 Å². The molecule has 0 spiro atoms. The van der Waals surface area contributed by atoms with E-state index in [1.165, 1.54) is 11.1 Å². The zero-order valence-electron chi connectivity index (χ0n) is 14.9. The van der Waals surface area contributed by atoms with Gasteiger partial charge >= 0.3 is 0 Å². The molecule has 2 unspecified atom stereocenters. The second-order valence-corrected chi connectivity index (χ2v) is 7.23. The summed E-state index contributed by atoms with van der Waals surface area (Å²) in [7, 11) is 0. The lowest BCUT2D eigenvalue weighted by Gasteiger charge is -2.15. The van der Waals surface area contributed by atoms with Crippen molar-refractivity contribution in [2.24, 2.45) is 11.8 Å². The Morgan fingerprint density at radius 1 is 1.27 bits per heavy atom. The molecule has 1 aromatic carbocycles. The van der Waals surface area contributed by atoms with E-state index in [0.29, 0.717) is 17.7 Å². The number of aromatic nitrogens is 1. The van der Waals surface area contributed by atoms with Crippen LogP contribution in [0.25, 0.3) is 11.6 Å². The van der Waals surface area contributed by atoms with E-state index in [9.17, 15) is 4.79 Å². The molecule has 1 amide bonds. The standard InChI is InChI=1S/C22H23N3O/c1-15-9-21(23)24-12-17(15)7-8-22(26)25-13-19-10-18(11-20(19)14-25)16-5-3-2-4-6-16/h2-10,12,19-20H,11,13-14H2,1H3,(H2,23,24). The molecule has 132 valence electrons. The second kappa shape index (κ2) is 6.79. The number of fused-ring (bicyclic) bond motifs is 1. The van der Waals surface area contributed by atoms with Crippen LogP contribution >= 0.6 is 0 Å². The summed E-state index contributed by atoms with van der Waals surface area (Å²) in [5, 5.41) is 0. The number of allylic oxidation sites excluding steroid dienone is 1. The largest absolute Gasteiger partial charge is 0.384 e. The number of rotatable bonds is 3. The fourth-order valence-corrected chi connectivity index (χ4v) is 3.99. The fourth-order valence-electron chi connectivity index (χ4n) is 3.99. The molecule has 1 aromatic heterocycles. The van der Waals surface area contributed by atoms with Gasteiger partial charge in [-0.05, 0) is 59.6 Å². The Morgan fingerprint density at radius 3 is 2.81 bits per heavy atom. The molecule has 2 heterocycles. The average Bonchev–Trinajstić information content (AvgIpc) is 3.20. The van der Waals surface area contributed by atoms with Crippen molar-refractivity contribution in [3.8, 4) is 0 Å². The number of likely N-dealkylation sites (tertiary alicyclic amines) is 1. The third kappa shape index (κ3) is 3.27. The van der Waals surface area contributed by atoms with E-state index < -0.39 is 0 Å². The summed E-state index contributed by atoms with van der Waals surface area (Å²) in [6.45, 7) is 3.61. The van der Waals surface area contributed by atoms with Crippen molar-refractivity contribution in [1.82, 2.24) is 9.88 Å². The van der Waals surface area contributed by atoms with Crippen molar-refractivity contribution >= 4 is 23.4 Å². The molecule has 2 aliphatic rings.